The summed E-state index contributed by atoms with van der Waals surface area (Å²) in [4.78, 5) is 37.3. The van der Waals surface area contributed by atoms with E-state index < -0.39 is 29.1 Å². The lowest BCUT2D eigenvalue weighted by molar-refractivity contribution is -0.159. The molecule has 0 saturated heterocycles. The summed E-state index contributed by atoms with van der Waals surface area (Å²) in [7, 11) is 0. The van der Waals surface area contributed by atoms with Crippen molar-refractivity contribution in [1.82, 2.24) is 0 Å². The highest BCUT2D eigenvalue weighted by Crippen LogP contribution is 2.35. The predicted octanol–water partition coefficient (Wildman–Crippen LogP) is 4.44. The Kier molecular flexibility index (Phi) is 6.69. The maximum absolute atomic E-state index is 12.6. The average molecular weight is 377 g/mol. The third kappa shape index (κ3) is 4.96. The summed E-state index contributed by atoms with van der Waals surface area (Å²) in [6.07, 6.45) is 1.82. The van der Waals surface area contributed by atoms with Gasteiger partial charge in [-0.2, -0.15) is 0 Å². The molecule has 7 heteroatoms. The van der Waals surface area contributed by atoms with Crippen LogP contribution in [0.4, 0.5) is 0 Å². The number of carbonyl (C=O) groups excluding carboxylic acids is 3. The van der Waals surface area contributed by atoms with Gasteiger partial charge in [-0.25, -0.2) is 0 Å². The maximum atomic E-state index is 12.6. The van der Waals surface area contributed by atoms with Crippen LogP contribution < -0.4 is 0 Å². The first kappa shape index (κ1) is 20.0. The summed E-state index contributed by atoms with van der Waals surface area (Å²) in [5, 5.41) is 0.245. The van der Waals surface area contributed by atoms with Crippen LogP contribution >= 0.6 is 35.0 Å². The maximum Gasteiger partial charge on any atom is 0.325 e. The molecule has 0 fully saturated rings. The highest BCUT2D eigenvalue weighted by Gasteiger charge is 2.36. The Balaban J connectivity index is 3.25. The fraction of sp³-hybridized carbons (Fsp3) is 0.438. The van der Waals surface area contributed by atoms with E-state index in [1.165, 1.54) is 17.8 Å². The molecule has 0 radical (unpaired) electrons. The number of carbonyl (C=O) groups is 3. The molecule has 4 nitrogen and oxygen atoms in total. The van der Waals surface area contributed by atoms with E-state index in [9.17, 15) is 14.4 Å². The van der Waals surface area contributed by atoms with Crippen molar-refractivity contribution in [3.63, 3.8) is 0 Å². The van der Waals surface area contributed by atoms with Crippen LogP contribution in [0.25, 0.3) is 0 Å². The standard InChI is InChI=1S/C16H18Cl2O4S/c1-8(19)11(15(21)22-16(2,3)4)14(20)9-6-7-10(23-5)13(18)12(9)17/h6-7,11H,1-5H3. The second kappa shape index (κ2) is 7.69. The summed E-state index contributed by atoms with van der Waals surface area (Å²) in [6, 6.07) is 3.08. The van der Waals surface area contributed by atoms with Crippen molar-refractivity contribution in [2.45, 2.75) is 38.2 Å². The minimum atomic E-state index is -1.55. The topological polar surface area (TPSA) is 60.4 Å². The van der Waals surface area contributed by atoms with Gasteiger partial charge in [-0.1, -0.05) is 23.2 Å². The van der Waals surface area contributed by atoms with Gasteiger partial charge in [0.25, 0.3) is 0 Å². The predicted molar refractivity (Wildman–Crippen MR) is 92.6 cm³/mol. The number of hydrogen-bond acceptors (Lipinski definition) is 5. The molecule has 1 aromatic rings. The molecule has 0 aromatic heterocycles. The first-order valence-electron chi connectivity index (χ1n) is 6.79. The Morgan fingerprint density at radius 1 is 1.13 bits per heavy atom. The van der Waals surface area contributed by atoms with Crippen molar-refractivity contribution in [1.29, 1.82) is 0 Å². The van der Waals surface area contributed by atoms with Crippen molar-refractivity contribution in [3.05, 3.63) is 27.7 Å². The second-order valence-corrected chi connectivity index (χ2v) is 7.49. The Morgan fingerprint density at radius 2 is 1.70 bits per heavy atom. The molecule has 1 aromatic carbocycles. The van der Waals surface area contributed by atoms with Crippen LogP contribution in [-0.4, -0.2) is 29.4 Å². The molecule has 0 heterocycles. The zero-order valence-electron chi connectivity index (χ0n) is 13.5. The minimum Gasteiger partial charge on any atom is -0.459 e. The molecule has 1 unspecified atom stereocenters. The highest BCUT2D eigenvalue weighted by molar-refractivity contribution is 7.98. The van der Waals surface area contributed by atoms with Crippen LogP contribution in [0.5, 0.6) is 0 Å². The zero-order chi connectivity index (χ0) is 17.9. The van der Waals surface area contributed by atoms with Crippen molar-refractivity contribution in [2.24, 2.45) is 5.92 Å². The summed E-state index contributed by atoms with van der Waals surface area (Å²) in [5.41, 5.74) is -0.782. The highest BCUT2D eigenvalue weighted by atomic mass is 35.5. The van der Waals surface area contributed by atoms with Crippen LogP contribution in [0.15, 0.2) is 17.0 Å². The smallest absolute Gasteiger partial charge is 0.325 e. The molecule has 1 atom stereocenters. The van der Waals surface area contributed by atoms with Crippen molar-refractivity contribution < 1.29 is 19.1 Å². The number of thioether (sulfide) groups is 1. The molecule has 0 bridgehead atoms. The molecule has 0 amide bonds. The first-order valence-corrected chi connectivity index (χ1v) is 8.77. The van der Waals surface area contributed by atoms with Gasteiger partial charge in [-0.05, 0) is 46.1 Å². The van der Waals surface area contributed by atoms with Gasteiger partial charge in [-0.3, -0.25) is 14.4 Å². The Morgan fingerprint density at radius 3 is 2.13 bits per heavy atom. The Bertz CT molecular complexity index is 650. The van der Waals surface area contributed by atoms with E-state index in [1.807, 2.05) is 6.26 Å². The first-order chi connectivity index (χ1) is 10.5. The Labute approximate surface area is 149 Å². The largest absolute Gasteiger partial charge is 0.459 e. The van der Waals surface area contributed by atoms with Gasteiger partial charge in [-0.15, -0.1) is 11.8 Å². The molecule has 0 aliphatic heterocycles. The van der Waals surface area contributed by atoms with E-state index in [0.717, 1.165) is 6.92 Å². The van der Waals surface area contributed by atoms with Crippen LogP contribution in [0.2, 0.25) is 10.0 Å². The lowest BCUT2D eigenvalue weighted by Gasteiger charge is -2.22. The number of esters is 1. The van der Waals surface area contributed by atoms with Gasteiger partial charge < -0.3 is 4.74 Å². The number of ether oxygens (including phenoxy) is 1. The van der Waals surface area contributed by atoms with E-state index in [2.05, 4.69) is 0 Å². The van der Waals surface area contributed by atoms with Crippen LogP contribution in [0.3, 0.4) is 0 Å². The minimum absolute atomic E-state index is 0.0262. The SMILES string of the molecule is CSc1ccc(C(=O)C(C(C)=O)C(=O)OC(C)(C)C)c(Cl)c1Cl. The molecule has 126 valence electrons. The second-order valence-electron chi connectivity index (χ2n) is 5.88. The molecular weight excluding hydrogens is 359 g/mol. The number of ketones is 2. The lowest BCUT2D eigenvalue weighted by atomic mass is 9.94. The third-order valence-corrected chi connectivity index (χ3v) is 4.62. The third-order valence-electron chi connectivity index (χ3n) is 2.84. The summed E-state index contributed by atoms with van der Waals surface area (Å²) < 4.78 is 5.16. The molecule has 0 spiro atoms. The molecular formula is C16H18Cl2O4S. The zero-order valence-corrected chi connectivity index (χ0v) is 15.9. The molecule has 0 aliphatic rings. The van der Waals surface area contributed by atoms with E-state index in [4.69, 9.17) is 27.9 Å². The van der Waals surface area contributed by atoms with Gasteiger partial charge in [0.15, 0.2) is 17.5 Å². The van der Waals surface area contributed by atoms with Gasteiger partial charge in [0.1, 0.15) is 5.60 Å². The molecule has 0 aliphatic carbocycles. The fourth-order valence-electron chi connectivity index (χ4n) is 1.85. The number of hydrogen-bond donors (Lipinski definition) is 0. The molecule has 23 heavy (non-hydrogen) atoms. The van der Waals surface area contributed by atoms with E-state index >= 15 is 0 Å². The quantitative estimate of drug-likeness (QED) is 0.329. The summed E-state index contributed by atoms with van der Waals surface area (Å²) in [5.74, 6) is -3.77. The fourth-order valence-corrected chi connectivity index (χ4v) is 3.05. The van der Waals surface area contributed by atoms with Crippen molar-refractivity contribution >= 4 is 52.5 Å². The number of Topliss-reactive ketones (excluding diaryl/α,β-unsaturated/α-hetero) is 2. The van der Waals surface area contributed by atoms with Crippen LogP contribution in [0.1, 0.15) is 38.1 Å². The van der Waals surface area contributed by atoms with Crippen molar-refractivity contribution in [2.75, 3.05) is 6.26 Å². The number of halogens is 2. The molecule has 0 saturated carbocycles. The van der Waals surface area contributed by atoms with Gasteiger partial charge in [0.05, 0.1) is 10.0 Å². The van der Waals surface area contributed by atoms with Crippen LogP contribution in [0, 0.1) is 5.92 Å². The van der Waals surface area contributed by atoms with E-state index in [0.29, 0.717) is 4.90 Å². The Hall–Kier alpha value is -1.04. The van der Waals surface area contributed by atoms with Gasteiger partial charge >= 0.3 is 5.97 Å². The van der Waals surface area contributed by atoms with E-state index in [-0.39, 0.29) is 15.6 Å². The van der Waals surface area contributed by atoms with E-state index in [1.54, 1.807) is 26.8 Å². The number of rotatable bonds is 5. The summed E-state index contributed by atoms with van der Waals surface area (Å²) >= 11 is 13.6. The molecule has 0 N–H and O–H groups in total. The monoisotopic (exact) mass is 376 g/mol. The van der Waals surface area contributed by atoms with Gasteiger partial charge in [0.2, 0.25) is 0 Å². The van der Waals surface area contributed by atoms with Crippen LogP contribution in [-0.2, 0) is 14.3 Å². The molecule has 1 rings (SSSR count). The normalized spacial score (nSPS) is 12.7. The summed E-state index contributed by atoms with van der Waals surface area (Å²) in [6.45, 7) is 6.13. The van der Waals surface area contributed by atoms with Gasteiger partial charge in [0, 0.05) is 10.5 Å². The van der Waals surface area contributed by atoms with Crippen molar-refractivity contribution in [3.8, 4) is 0 Å². The lowest BCUT2D eigenvalue weighted by Crippen LogP contribution is -2.36. The number of benzene rings is 1. The average Bonchev–Trinajstić information content (AvgIpc) is 2.39.